The van der Waals surface area contributed by atoms with Gasteiger partial charge in [0.1, 0.15) is 0 Å². The molecule has 0 aliphatic rings. The molecule has 2 rings (SSSR count). The smallest absolute Gasteiger partial charge is 0.246 e. The van der Waals surface area contributed by atoms with Crippen molar-refractivity contribution in [2.24, 2.45) is 0 Å². The fourth-order valence-electron chi connectivity index (χ4n) is 1.93. The van der Waals surface area contributed by atoms with E-state index in [-0.39, 0.29) is 5.78 Å². The van der Waals surface area contributed by atoms with Crippen LogP contribution in [0.15, 0.2) is 29.2 Å². The van der Waals surface area contributed by atoms with Crippen LogP contribution < -0.4 is 4.72 Å². The number of rotatable bonds is 5. The summed E-state index contributed by atoms with van der Waals surface area (Å²) in [7, 11) is -5.02. The molecule has 0 fully saturated rings. The van der Waals surface area contributed by atoms with Gasteiger partial charge in [-0.2, -0.15) is 0 Å². The molecule has 0 saturated carbocycles. The van der Waals surface area contributed by atoms with Crippen molar-refractivity contribution in [2.45, 2.75) is 18.4 Å². The fraction of sp³-hybridized carbons (Fsp3) is 0.133. The van der Waals surface area contributed by atoms with Gasteiger partial charge < -0.3 is 0 Å². The Kier molecular flexibility index (Phi) is 5.23. The summed E-state index contributed by atoms with van der Waals surface area (Å²) < 4.78 is 92.0. The number of Topliss-reactive ketones (excluding diaryl/α,β-unsaturated/α-hetero) is 1. The Morgan fingerprint density at radius 2 is 1.32 bits per heavy atom. The number of benzene rings is 2. The molecule has 1 N–H and O–H groups in total. The first-order chi connectivity index (χ1) is 11.6. The quantitative estimate of drug-likeness (QED) is 0.376. The van der Waals surface area contributed by atoms with Crippen LogP contribution in [0.4, 0.5) is 22.0 Å². The summed E-state index contributed by atoms with van der Waals surface area (Å²) in [5.74, 6) is -12.3. The monoisotopic (exact) mass is 379 g/mol. The molecule has 0 aromatic heterocycles. The number of nitrogens with one attached hydrogen (secondary N) is 1. The van der Waals surface area contributed by atoms with Crippen molar-refractivity contribution in [3.63, 3.8) is 0 Å². The second kappa shape index (κ2) is 6.89. The van der Waals surface area contributed by atoms with Crippen LogP contribution in [0.3, 0.4) is 0 Å². The standard InChI is InChI=1S/C15H10F5NO3S/c1-7(22)9-4-2-8(3-5-9)6-21-25(23,24)15-13(19)11(17)10(16)12(18)14(15)20/h2-5,21H,6H2,1H3. The van der Waals surface area contributed by atoms with Crippen molar-refractivity contribution >= 4 is 15.8 Å². The van der Waals surface area contributed by atoms with E-state index in [9.17, 15) is 35.2 Å². The van der Waals surface area contributed by atoms with E-state index in [0.29, 0.717) is 11.1 Å². The number of hydrogen-bond acceptors (Lipinski definition) is 3. The molecule has 10 heteroatoms. The summed E-state index contributed by atoms with van der Waals surface area (Å²) >= 11 is 0. The molecule has 134 valence electrons. The van der Waals surface area contributed by atoms with Crippen LogP contribution >= 0.6 is 0 Å². The lowest BCUT2D eigenvalue weighted by Crippen LogP contribution is -2.26. The molecular weight excluding hydrogens is 369 g/mol. The highest BCUT2D eigenvalue weighted by Gasteiger charge is 2.33. The maximum atomic E-state index is 13.6. The largest absolute Gasteiger partial charge is 0.295 e. The first kappa shape index (κ1) is 19.0. The summed E-state index contributed by atoms with van der Waals surface area (Å²) in [5.41, 5.74) is 0.656. The normalized spacial score (nSPS) is 11.6. The molecule has 0 amide bonds. The molecule has 0 radical (unpaired) electrons. The van der Waals surface area contributed by atoms with Gasteiger partial charge in [0, 0.05) is 12.1 Å². The van der Waals surface area contributed by atoms with Gasteiger partial charge in [0.05, 0.1) is 0 Å². The third-order valence-corrected chi connectivity index (χ3v) is 4.69. The molecular formula is C15H10F5NO3S. The topological polar surface area (TPSA) is 63.2 Å². The Balaban J connectivity index is 2.33. The number of ketones is 1. The number of sulfonamides is 1. The lowest BCUT2D eigenvalue weighted by atomic mass is 10.1. The predicted octanol–water partition coefficient (Wildman–Crippen LogP) is 3.06. The van der Waals surface area contributed by atoms with Gasteiger partial charge in [0.2, 0.25) is 15.8 Å². The first-order valence-electron chi connectivity index (χ1n) is 6.67. The van der Waals surface area contributed by atoms with E-state index < -0.39 is 50.5 Å². The van der Waals surface area contributed by atoms with Gasteiger partial charge >= 0.3 is 0 Å². The van der Waals surface area contributed by atoms with E-state index in [1.165, 1.54) is 31.2 Å². The van der Waals surface area contributed by atoms with Crippen molar-refractivity contribution in [2.75, 3.05) is 0 Å². The van der Waals surface area contributed by atoms with E-state index in [0.717, 1.165) is 0 Å². The molecule has 0 atom stereocenters. The van der Waals surface area contributed by atoms with Gasteiger partial charge in [-0.05, 0) is 12.5 Å². The zero-order valence-corrected chi connectivity index (χ0v) is 13.4. The number of hydrogen-bond donors (Lipinski definition) is 1. The molecule has 0 aliphatic heterocycles. The summed E-state index contributed by atoms with van der Waals surface area (Å²) in [6.07, 6.45) is 0. The van der Waals surface area contributed by atoms with E-state index in [2.05, 4.69) is 0 Å². The van der Waals surface area contributed by atoms with Gasteiger partial charge in [-0.25, -0.2) is 35.1 Å². The Morgan fingerprint density at radius 1 is 0.880 bits per heavy atom. The van der Waals surface area contributed by atoms with Crippen LogP contribution in [0.2, 0.25) is 0 Å². The zero-order chi connectivity index (χ0) is 18.9. The third-order valence-electron chi connectivity index (χ3n) is 3.27. The van der Waals surface area contributed by atoms with Crippen LogP contribution in [-0.4, -0.2) is 14.2 Å². The Hall–Kier alpha value is -2.33. The molecule has 0 unspecified atom stereocenters. The van der Waals surface area contributed by atoms with E-state index in [1.807, 2.05) is 0 Å². The minimum Gasteiger partial charge on any atom is -0.295 e. The van der Waals surface area contributed by atoms with Crippen LogP contribution in [0, 0.1) is 29.1 Å². The van der Waals surface area contributed by atoms with Gasteiger partial charge in [-0.3, -0.25) is 4.79 Å². The fourth-order valence-corrected chi connectivity index (χ4v) is 3.08. The van der Waals surface area contributed by atoms with Crippen molar-refractivity contribution in [3.05, 3.63) is 64.5 Å². The summed E-state index contributed by atoms with van der Waals surface area (Å²) in [4.78, 5) is 9.17. The Bertz CT molecular complexity index is 914. The number of carbonyl (C=O) groups excluding carboxylic acids is 1. The van der Waals surface area contributed by atoms with Gasteiger partial charge in [-0.1, -0.05) is 24.3 Å². The second-order valence-electron chi connectivity index (χ2n) is 4.98. The molecule has 0 spiro atoms. The third kappa shape index (κ3) is 3.69. The Morgan fingerprint density at radius 3 is 1.76 bits per heavy atom. The van der Waals surface area contributed by atoms with Gasteiger partial charge in [0.25, 0.3) is 0 Å². The van der Waals surface area contributed by atoms with E-state index in [1.54, 1.807) is 4.72 Å². The molecule has 0 aliphatic carbocycles. The van der Waals surface area contributed by atoms with E-state index >= 15 is 0 Å². The van der Waals surface area contributed by atoms with Crippen LogP contribution in [0.5, 0.6) is 0 Å². The van der Waals surface area contributed by atoms with Crippen molar-refractivity contribution in [1.82, 2.24) is 4.72 Å². The molecule has 0 bridgehead atoms. The maximum Gasteiger partial charge on any atom is 0.246 e. The van der Waals surface area contributed by atoms with Crippen molar-refractivity contribution in [1.29, 1.82) is 0 Å². The zero-order valence-electron chi connectivity index (χ0n) is 12.5. The summed E-state index contributed by atoms with van der Waals surface area (Å²) in [6.45, 7) is 0.834. The molecule has 0 saturated heterocycles. The molecule has 4 nitrogen and oxygen atoms in total. The Labute approximate surface area is 139 Å². The average Bonchev–Trinajstić information content (AvgIpc) is 2.57. The predicted molar refractivity (Wildman–Crippen MR) is 76.7 cm³/mol. The lowest BCUT2D eigenvalue weighted by Gasteiger charge is -2.10. The minimum absolute atomic E-state index is 0.228. The number of carbonyl (C=O) groups is 1. The van der Waals surface area contributed by atoms with Gasteiger partial charge in [0.15, 0.2) is 33.9 Å². The molecule has 0 heterocycles. The lowest BCUT2D eigenvalue weighted by molar-refractivity contribution is 0.101. The highest BCUT2D eigenvalue weighted by atomic mass is 32.2. The number of halogens is 5. The van der Waals surface area contributed by atoms with Crippen molar-refractivity contribution in [3.8, 4) is 0 Å². The average molecular weight is 379 g/mol. The van der Waals surface area contributed by atoms with Crippen molar-refractivity contribution < 1.29 is 35.2 Å². The van der Waals surface area contributed by atoms with Crippen LogP contribution in [-0.2, 0) is 16.6 Å². The molecule has 25 heavy (non-hydrogen) atoms. The van der Waals surface area contributed by atoms with Crippen LogP contribution in [0.25, 0.3) is 0 Å². The molecule has 2 aromatic rings. The summed E-state index contributed by atoms with van der Waals surface area (Å²) in [5, 5.41) is 0. The first-order valence-corrected chi connectivity index (χ1v) is 8.15. The second-order valence-corrected chi connectivity index (χ2v) is 6.68. The SMILES string of the molecule is CC(=O)c1ccc(CNS(=O)(=O)c2c(F)c(F)c(F)c(F)c2F)cc1. The minimum atomic E-state index is -5.02. The van der Waals surface area contributed by atoms with E-state index in [4.69, 9.17) is 0 Å². The highest BCUT2D eigenvalue weighted by Crippen LogP contribution is 2.26. The maximum absolute atomic E-state index is 13.6. The summed E-state index contributed by atoms with van der Waals surface area (Å²) in [6, 6.07) is 5.53. The van der Waals surface area contributed by atoms with Gasteiger partial charge in [-0.15, -0.1) is 0 Å². The molecule has 2 aromatic carbocycles. The van der Waals surface area contributed by atoms with Crippen LogP contribution in [0.1, 0.15) is 22.8 Å². The highest BCUT2D eigenvalue weighted by molar-refractivity contribution is 7.89.